The predicted molar refractivity (Wildman–Crippen MR) is 137 cm³/mol. The van der Waals surface area contributed by atoms with Crippen LogP contribution in [0, 0.1) is 0 Å². The second-order valence-corrected chi connectivity index (χ2v) is 8.71. The first-order valence-corrected chi connectivity index (χ1v) is 13.4. The van der Waals surface area contributed by atoms with Gasteiger partial charge in [-0.1, -0.05) is 89.7 Å². The number of carbonyl (C=O) groups excluding carboxylic acids is 1. The second kappa shape index (κ2) is 22.5. The summed E-state index contributed by atoms with van der Waals surface area (Å²) in [7, 11) is 0. The highest BCUT2D eigenvalue weighted by atomic mass is 16.6. The monoisotopic (exact) mass is 494 g/mol. The Morgan fingerprint density at radius 2 is 1.03 bits per heavy atom. The van der Waals surface area contributed by atoms with Gasteiger partial charge in [0.25, 0.3) is 0 Å². The number of carboxylic acid groups (broad SMARTS) is 1. The molecule has 0 amide bonds. The van der Waals surface area contributed by atoms with Gasteiger partial charge in [0.05, 0.1) is 44.2 Å². The highest BCUT2D eigenvalue weighted by Crippen LogP contribution is 2.12. The number of hydrogen-bond acceptors (Lipinski definition) is 6. The van der Waals surface area contributed by atoms with Crippen molar-refractivity contribution in [1.82, 2.24) is 0 Å². The van der Waals surface area contributed by atoms with E-state index < -0.39 is 11.9 Å². The van der Waals surface area contributed by atoms with Crippen molar-refractivity contribution in [2.24, 2.45) is 0 Å². The van der Waals surface area contributed by atoms with Gasteiger partial charge in [0.1, 0.15) is 6.61 Å². The summed E-state index contributed by atoms with van der Waals surface area (Å²) >= 11 is 0. The van der Waals surface area contributed by atoms with E-state index in [0.717, 1.165) is 13.0 Å². The number of aromatic carboxylic acids is 1. The van der Waals surface area contributed by atoms with E-state index in [-0.39, 0.29) is 24.3 Å². The van der Waals surface area contributed by atoms with Crippen LogP contribution in [0.4, 0.5) is 0 Å². The minimum absolute atomic E-state index is 0.0341. The van der Waals surface area contributed by atoms with Gasteiger partial charge in [-0.05, 0) is 18.6 Å². The molecule has 7 nitrogen and oxygen atoms in total. The summed E-state index contributed by atoms with van der Waals surface area (Å²) in [6.07, 6.45) is 16.1. The van der Waals surface area contributed by atoms with Crippen LogP contribution in [0.2, 0.25) is 0 Å². The SMILES string of the molecule is CCCCCCCCCCCCCCOCCOCCOCCOC(=O)c1ccccc1C(=O)O. The highest BCUT2D eigenvalue weighted by molar-refractivity contribution is 6.02. The maximum Gasteiger partial charge on any atom is 0.339 e. The minimum Gasteiger partial charge on any atom is -0.478 e. The Morgan fingerprint density at radius 1 is 0.600 bits per heavy atom. The van der Waals surface area contributed by atoms with Gasteiger partial charge in [-0.3, -0.25) is 0 Å². The second-order valence-electron chi connectivity index (χ2n) is 8.71. The number of carbonyl (C=O) groups is 2. The van der Waals surface area contributed by atoms with Crippen molar-refractivity contribution in [2.45, 2.75) is 84.0 Å². The van der Waals surface area contributed by atoms with Crippen molar-refractivity contribution < 1.29 is 33.6 Å². The van der Waals surface area contributed by atoms with Crippen molar-refractivity contribution in [2.75, 3.05) is 46.2 Å². The molecule has 0 fully saturated rings. The predicted octanol–water partition coefficient (Wildman–Crippen LogP) is 6.29. The van der Waals surface area contributed by atoms with Crippen LogP contribution in [-0.2, 0) is 18.9 Å². The van der Waals surface area contributed by atoms with Crippen LogP contribution in [0.1, 0.15) is 105 Å². The molecular formula is C28H46O7. The molecule has 0 spiro atoms. The molecule has 0 heterocycles. The van der Waals surface area contributed by atoms with Gasteiger partial charge in [-0.25, -0.2) is 9.59 Å². The lowest BCUT2D eigenvalue weighted by atomic mass is 10.1. The number of benzene rings is 1. The third kappa shape index (κ3) is 17.2. The maximum atomic E-state index is 12.0. The standard InChI is InChI=1S/C28H46O7/c1-2-3-4-5-6-7-8-9-10-11-12-15-18-32-19-20-33-21-22-34-23-24-35-28(31)26-17-14-13-16-25(26)27(29)30/h13-14,16-17H,2-12,15,18-24H2,1H3,(H,29,30). The van der Waals surface area contributed by atoms with E-state index in [1.165, 1.54) is 82.8 Å². The first-order valence-electron chi connectivity index (χ1n) is 13.4. The molecule has 0 saturated carbocycles. The molecule has 0 radical (unpaired) electrons. The first-order chi connectivity index (χ1) is 17.2. The number of ether oxygens (including phenoxy) is 4. The van der Waals surface area contributed by atoms with Crippen molar-refractivity contribution >= 4 is 11.9 Å². The average Bonchev–Trinajstić information content (AvgIpc) is 2.87. The van der Waals surface area contributed by atoms with Crippen LogP contribution < -0.4 is 0 Å². The normalized spacial score (nSPS) is 11.0. The molecule has 200 valence electrons. The van der Waals surface area contributed by atoms with Gasteiger partial charge in [0.15, 0.2) is 0 Å². The van der Waals surface area contributed by atoms with Crippen molar-refractivity contribution in [1.29, 1.82) is 0 Å². The molecule has 0 bridgehead atoms. The summed E-state index contributed by atoms with van der Waals surface area (Å²) < 4.78 is 21.5. The molecule has 0 unspecified atom stereocenters. The van der Waals surface area contributed by atoms with Crippen LogP contribution >= 0.6 is 0 Å². The lowest BCUT2D eigenvalue weighted by molar-refractivity contribution is 0.000120. The van der Waals surface area contributed by atoms with Crippen molar-refractivity contribution in [3.05, 3.63) is 35.4 Å². The Balaban J connectivity index is 1.80. The molecule has 0 aliphatic heterocycles. The number of esters is 1. The summed E-state index contributed by atoms with van der Waals surface area (Å²) in [5.41, 5.74) is -0.0420. The molecule has 1 rings (SSSR count). The number of carboxylic acids is 1. The van der Waals surface area contributed by atoms with E-state index in [1.807, 2.05) is 0 Å². The molecular weight excluding hydrogens is 448 g/mol. The average molecular weight is 495 g/mol. The van der Waals surface area contributed by atoms with E-state index in [2.05, 4.69) is 6.92 Å². The Bertz CT molecular complexity index is 662. The Hall–Kier alpha value is -1.96. The molecule has 35 heavy (non-hydrogen) atoms. The molecule has 1 N–H and O–H groups in total. The first kappa shape index (κ1) is 31.1. The van der Waals surface area contributed by atoms with Crippen LogP contribution in [-0.4, -0.2) is 63.3 Å². The molecule has 1 aromatic carbocycles. The Morgan fingerprint density at radius 3 is 1.54 bits per heavy atom. The van der Waals surface area contributed by atoms with Crippen LogP contribution in [0.5, 0.6) is 0 Å². The van der Waals surface area contributed by atoms with Crippen LogP contribution in [0.25, 0.3) is 0 Å². The summed E-state index contributed by atoms with van der Waals surface area (Å²) in [5.74, 6) is -1.84. The smallest absolute Gasteiger partial charge is 0.339 e. The fourth-order valence-corrected chi connectivity index (χ4v) is 3.71. The van der Waals surface area contributed by atoms with Crippen LogP contribution in [0.15, 0.2) is 24.3 Å². The molecule has 7 heteroatoms. The minimum atomic E-state index is -1.16. The van der Waals surface area contributed by atoms with E-state index in [0.29, 0.717) is 26.4 Å². The fourth-order valence-electron chi connectivity index (χ4n) is 3.71. The van der Waals surface area contributed by atoms with Gasteiger partial charge in [0, 0.05) is 6.61 Å². The topological polar surface area (TPSA) is 91.3 Å². The highest BCUT2D eigenvalue weighted by Gasteiger charge is 2.16. The van der Waals surface area contributed by atoms with E-state index in [4.69, 9.17) is 24.1 Å². The lowest BCUT2D eigenvalue weighted by Gasteiger charge is -2.08. The van der Waals surface area contributed by atoms with Gasteiger partial charge < -0.3 is 24.1 Å². The lowest BCUT2D eigenvalue weighted by Crippen LogP contribution is -2.16. The summed E-state index contributed by atoms with van der Waals surface area (Å²) in [5, 5.41) is 9.11. The zero-order valence-electron chi connectivity index (χ0n) is 21.6. The number of rotatable bonds is 24. The van der Waals surface area contributed by atoms with Gasteiger partial charge in [-0.2, -0.15) is 0 Å². The molecule has 1 aromatic rings. The summed E-state index contributed by atoms with van der Waals surface area (Å²) in [6, 6.07) is 5.96. The van der Waals surface area contributed by atoms with Crippen LogP contribution in [0.3, 0.4) is 0 Å². The van der Waals surface area contributed by atoms with E-state index in [1.54, 1.807) is 12.1 Å². The van der Waals surface area contributed by atoms with Gasteiger partial charge in [0.2, 0.25) is 0 Å². The third-order valence-electron chi connectivity index (χ3n) is 5.72. The number of hydrogen-bond donors (Lipinski definition) is 1. The molecule has 0 atom stereocenters. The Labute approximate surface area is 211 Å². The zero-order chi connectivity index (χ0) is 25.4. The molecule has 0 aliphatic carbocycles. The molecule has 0 aliphatic rings. The zero-order valence-corrected chi connectivity index (χ0v) is 21.6. The van der Waals surface area contributed by atoms with E-state index in [9.17, 15) is 9.59 Å². The maximum absolute atomic E-state index is 12.0. The third-order valence-corrected chi connectivity index (χ3v) is 5.72. The largest absolute Gasteiger partial charge is 0.478 e. The number of unbranched alkanes of at least 4 members (excludes halogenated alkanes) is 11. The van der Waals surface area contributed by atoms with Gasteiger partial charge in [-0.15, -0.1) is 0 Å². The van der Waals surface area contributed by atoms with Gasteiger partial charge >= 0.3 is 11.9 Å². The Kier molecular flexibility index (Phi) is 20.0. The summed E-state index contributed by atoms with van der Waals surface area (Å²) in [4.78, 5) is 23.1. The fraction of sp³-hybridized carbons (Fsp3) is 0.714. The molecule has 0 saturated heterocycles. The quantitative estimate of drug-likeness (QED) is 0.133. The molecule has 0 aromatic heterocycles. The van der Waals surface area contributed by atoms with E-state index >= 15 is 0 Å². The summed E-state index contributed by atoms with van der Waals surface area (Å²) in [6.45, 7) is 5.27. The van der Waals surface area contributed by atoms with Crippen molar-refractivity contribution in [3.63, 3.8) is 0 Å². The van der Waals surface area contributed by atoms with Crippen molar-refractivity contribution in [3.8, 4) is 0 Å².